The summed E-state index contributed by atoms with van der Waals surface area (Å²) < 4.78 is 1.82. The van der Waals surface area contributed by atoms with Gasteiger partial charge in [0.15, 0.2) is 0 Å². The first-order valence-corrected chi connectivity index (χ1v) is 3.35. The zero-order valence-corrected chi connectivity index (χ0v) is 5.86. The highest BCUT2D eigenvalue weighted by atomic mass is 15.6. The molecule has 2 heterocycles. The van der Waals surface area contributed by atoms with Crippen molar-refractivity contribution in [1.29, 1.82) is 0 Å². The quantitative estimate of drug-likeness (QED) is 0.486. The fraction of sp³-hybridized carbons (Fsp3) is 0.800. The molecule has 0 atom stereocenters. The number of aromatic nitrogens is 4. The Morgan fingerprint density at radius 2 is 2.30 bits per heavy atom. The molecular formula is C5H9N5. The van der Waals surface area contributed by atoms with Crippen LogP contribution in [-0.2, 0) is 6.54 Å². The van der Waals surface area contributed by atoms with Gasteiger partial charge in [0.1, 0.15) is 0 Å². The summed E-state index contributed by atoms with van der Waals surface area (Å²) in [7, 11) is 2.00. The van der Waals surface area contributed by atoms with E-state index < -0.39 is 0 Å². The van der Waals surface area contributed by atoms with Crippen molar-refractivity contribution in [3.05, 3.63) is 0 Å². The van der Waals surface area contributed by atoms with Gasteiger partial charge in [-0.2, -0.15) is 0 Å². The zero-order chi connectivity index (χ0) is 6.97. The summed E-state index contributed by atoms with van der Waals surface area (Å²) in [6.07, 6.45) is 1.13. The molecule has 0 saturated carbocycles. The normalized spacial score (nSPS) is 17.1. The second-order valence-corrected chi connectivity index (χ2v) is 2.48. The second kappa shape index (κ2) is 1.93. The number of anilines is 1. The average Bonchev–Trinajstić information content (AvgIpc) is 2.36. The van der Waals surface area contributed by atoms with E-state index in [4.69, 9.17) is 0 Å². The first-order chi connectivity index (χ1) is 4.88. The van der Waals surface area contributed by atoms with Crippen molar-refractivity contribution >= 4 is 5.95 Å². The Morgan fingerprint density at radius 1 is 1.40 bits per heavy atom. The van der Waals surface area contributed by atoms with Crippen LogP contribution in [-0.4, -0.2) is 33.8 Å². The summed E-state index contributed by atoms with van der Waals surface area (Å²) in [5.74, 6) is 0.881. The molecule has 10 heavy (non-hydrogen) atoms. The lowest BCUT2D eigenvalue weighted by atomic mass is 10.3. The van der Waals surface area contributed by atoms with Crippen LogP contribution >= 0.6 is 0 Å². The van der Waals surface area contributed by atoms with Gasteiger partial charge in [-0.25, -0.2) is 4.68 Å². The molecule has 5 heteroatoms. The summed E-state index contributed by atoms with van der Waals surface area (Å²) in [5, 5.41) is 11.3. The fourth-order valence-electron chi connectivity index (χ4n) is 1.18. The third-order valence-electron chi connectivity index (χ3n) is 1.72. The van der Waals surface area contributed by atoms with E-state index in [2.05, 4.69) is 20.4 Å². The molecule has 0 aromatic carbocycles. The zero-order valence-electron chi connectivity index (χ0n) is 5.86. The van der Waals surface area contributed by atoms with Crippen molar-refractivity contribution in [2.24, 2.45) is 0 Å². The fourth-order valence-corrected chi connectivity index (χ4v) is 1.18. The third kappa shape index (κ3) is 0.665. The van der Waals surface area contributed by atoms with Crippen molar-refractivity contribution in [3.8, 4) is 0 Å². The van der Waals surface area contributed by atoms with Crippen LogP contribution in [0, 0.1) is 0 Å². The summed E-state index contributed by atoms with van der Waals surface area (Å²) in [6, 6.07) is 0. The predicted octanol–water partition coefficient (Wildman–Crippen LogP) is -0.487. The molecule has 2 rings (SSSR count). The Bertz CT molecular complexity index is 230. The molecule has 1 aliphatic rings. The van der Waals surface area contributed by atoms with E-state index in [0.29, 0.717) is 0 Å². The Labute approximate surface area is 58.6 Å². The van der Waals surface area contributed by atoms with Crippen molar-refractivity contribution in [2.45, 2.75) is 13.0 Å². The van der Waals surface area contributed by atoms with E-state index in [1.807, 2.05) is 11.7 Å². The summed E-state index contributed by atoms with van der Waals surface area (Å²) in [6.45, 7) is 2.01. The van der Waals surface area contributed by atoms with Gasteiger partial charge in [0.05, 0.1) is 0 Å². The second-order valence-electron chi connectivity index (χ2n) is 2.48. The molecule has 1 aromatic heterocycles. The van der Waals surface area contributed by atoms with Crippen LogP contribution in [0.4, 0.5) is 5.95 Å². The topological polar surface area (TPSA) is 46.8 Å². The van der Waals surface area contributed by atoms with Crippen LogP contribution in [0.3, 0.4) is 0 Å². The van der Waals surface area contributed by atoms with Gasteiger partial charge >= 0.3 is 0 Å². The van der Waals surface area contributed by atoms with Gasteiger partial charge in [-0.3, -0.25) is 0 Å². The monoisotopic (exact) mass is 139 g/mol. The van der Waals surface area contributed by atoms with Crippen LogP contribution in [0.25, 0.3) is 0 Å². The highest BCUT2D eigenvalue weighted by molar-refractivity contribution is 5.27. The molecule has 0 radical (unpaired) electrons. The van der Waals surface area contributed by atoms with Crippen LogP contribution < -0.4 is 4.90 Å². The highest BCUT2D eigenvalue weighted by Gasteiger charge is 2.14. The molecule has 1 aliphatic heterocycles. The molecule has 54 valence electrons. The van der Waals surface area contributed by atoms with Gasteiger partial charge < -0.3 is 4.90 Å². The van der Waals surface area contributed by atoms with Crippen molar-refractivity contribution < 1.29 is 0 Å². The molecule has 0 N–H and O–H groups in total. The summed E-state index contributed by atoms with van der Waals surface area (Å²) >= 11 is 0. The maximum absolute atomic E-state index is 3.87. The third-order valence-corrected chi connectivity index (χ3v) is 1.72. The van der Waals surface area contributed by atoms with Crippen molar-refractivity contribution in [2.75, 3.05) is 18.5 Å². The number of hydrogen-bond donors (Lipinski definition) is 0. The minimum absolute atomic E-state index is 0.881. The average molecular weight is 139 g/mol. The summed E-state index contributed by atoms with van der Waals surface area (Å²) in [4.78, 5) is 2.06. The maximum atomic E-state index is 3.87. The Hall–Kier alpha value is -1.13. The predicted molar refractivity (Wildman–Crippen MR) is 35.7 cm³/mol. The largest absolute Gasteiger partial charge is 0.343 e. The SMILES string of the molecule is CN1CCCn2nnnc21. The highest BCUT2D eigenvalue weighted by Crippen LogP contribution is 2.11. The molecular weight excluding hydrogens is 130 g/mol. The molecule has 0 aliphatic carbocycles. The molecule has 5 nitrogen and oxygen atoms in total. The Kier molecular flexibility index (Phi) is 1.09. The molecule has 1 aromatic rings. The molecule has 0 unspecified atom stereocenters. The number of fused-ring (bicyclic) bond motifs is 1. The van der Waals surface area contributed by atoms with Gasteiger partial charge in [-0.05, 0) is 16.8 Å². The van der Waals surface area contributed by atoms with Gasteiger partial charge in [-0.1, -0.05) is 5.10 Å². The van der Waals surface area contributed by atoms with Gasteiger partial charge in [-0.15, -0.1) is 0 Å². The maximum Gasteiger partial charge on any atom is 0.245 e. The van der Waals surface area contributed by atoms with Gasteiger partial charge in [0.2, 0.25) is 5.95 Å². The first-order valence-electron chi connectivity index (χ1n) is 3.35. The molecule has 0 fully saturated rings. The molecule has 0 saturated heterocycles. The summed E-state index contributed by atoms with van der Waals surface area (Å²) in [5.41, 5.74) is 0. The van der Waals surface area contributed by atoms with E-state index in [1.54, 1.807) is 0 Å². The van der Waals surface area contributed by atoms with E-state index in [-0.39, 0.29) is 0 Å². The van der Waals surface area contributed by atoms with Gasteiger partial charge in [0.25, 0.3) is 0 Å². The number of tetrazole rings is 1. The van der Waals surface area contributed by atoms with E-state index in [0.717, 1.165) is 25.5 Å². The smallest absolute Gasteiger partial charge is 0.245 e. The number of aryl methyl sites for hydroxylation is 1. The standard InChI is InChI=1S/C5H9N5/c1-9-3-2-4-10-5(9)6-7-8-10/h2-4H2,1H3. The Balaban J connectivity index is 2.41. The van der Waals surface area contributed by atoms with Crippen molar-refractivity contribution in [3.63, 3.8) is 0 Å². The molecule has 0 amide bonds. The minimum atomic E-state index is 0.881. The molecule has 0 bridgehead atoms. The minimum Gasteiger partial charge on any atom is -0.343 e. The van der Waals surface area contributed by atoms with E-state index in [1.165, 1.54) is 0 Å². The number of hydrogen-bond acceptors (Lipinski definition) is 4. The number of rotatable bonds is 0. The lowest BCUT2D eigenvalue weighted by molar-refractivity contribution is 0.519. The van der Waals surface area contributed by atoms with Crippen molar-refractivity contribution in [1.82, 2.24) is 20.2 Å². The van der Waals surface area contributed by atoms with Crippen LogP contribution in [0.1, 0.15) is 6.42 Å². The Morgan fingerprint density at radius 3 is 3.10 bits per heavy atom. The van der Waals surface area contributed by atoms with E-state index in [9.17, 15) is 0 Å². The van der Waals surface area contributed by atoms with E-state index >= 15 is 0 Å². The molecule has 0 spiro atoms. The lowest BCUT2D eigenvalue weighted by Crippen LogP contribution is -2.28. The van der Waals surface area contributed by atoms with Gasteiger partial charge in [0, 0.05) is 20.1 Å². The van der Waals surface area contributed by atoms with Crippen LogP contribution in [0.15, 0.2) is 0 Å². The lowest BCUT2D eigenvalue weighted by Gasteiger charge is -2.21. The van der Waals surface area contributed by atoms with Crippen LogP contribution in [0.2, 0.25) is 0 Å². The number of nitrogens with zero attached hydrogens (tertiary/aromatic N) is 5. The first kappa shape index (κ1) is 5.64. The van der Waals surface area contributed by atoms with Crippen LogP contribution in [0.5, 0.6) is 0 Å².